The predicted molar refractivity (Wildman–Crippen MR) is 86.2 cm³/mol. The zero-order valence-corrected chi connectivity index (χ0v) is 13.1. The van der Waals surface area contributed by atoms with Gasteiger partial charge in [0.15, 0.2) is 0 Å². The molecule has 0 aliphatic heterocycles. The Morgan fingerprint density at radius 1 is 1.05 bits per heavy atom. The topological polar surface area (TPSA) is 30.5 Å². The standard InChI is InChI=1S/C18H23NO2/c1-13-6-5-7-15(10-13)21-12-17(19-3)16-11-14(2)8-9-18(16)20-4/h5-11,17,19H,12H2,1-4H3. The van der Waals surface area contributed by atoms with Gasteiger partial charge in [0.05, 0.1) is 13.2 Å². The summed E-state index contributed by atoms with van der Waals surface area (Å²) in [5.74, 6) is 1.77. The van der Waals surface area contributed by atoms with Crippen LogP contribution in [-0.2, 0) is 0 Å². The summed E-state index contributed by atoms with van der Waals surface area (Å²) >= 11 is 0. The molecule has 0 aromatic heterocycles. The molecule has 1 unspecified atom stereocenters. The summed E-state index contributed by atoms with van der Waals surface area (Å²) in [5, 5.41) is 3.30. The van der Waals surface area contributed by atoms with Crippen molar-refractivity contribution in [3.8, 4) is 11.5 Å². The summed E-state index contributed by atoms with van der Waals surface area (Å²) in [7, 11) is 3.63. The van der Waals surface area contributed by atoms with Gasteiger partial charge in [-0.15, -0.1) is 0 Å². The Hall–Kier alpha value is -2.00. The maximum Gasteiger partial charge on any atom is 0.123 e. The second-order valence-electron chi connectivity index (χ2n) is 5.21. The number of benzene rings is 2. The molecule has 2 rings (SSSR count). The van der Waals surface area contributed by atoms with Gasteiger partial charge < -0.3 is 14.8 Å². The molecule has 0 saturated carbocycles. The number of ether oxygens (including phenoxy) is 2. The highest BCUT2D eigenvalue weighted by Crippen LogP contribution is 2.27. The molecule has 1 atom stereocenters. The highest BCUT2D eigenvalue weighted by atomic mass is 16.5. The van der Waals surface area contributed by atoms with E-state index >= 15 is 0 Å². The Bertz CT molecular complexity index is 596. The Balaban J connectivity index is 2.15. The largest absolute Gasteiger partial charge is 0.496 e. The van der Waals surface area contributed by atoms with Crippen LogP contribution in [-0.4, -0.2) is 20.8 Å². The van der Waals surface area contributed by atoms with Crippen LogP contribution in [0.4, 0.5) is 0 Å². The number of hydrogen-bond donors (Lipinski definition) is 1. The fraction of sp³-hybridized carbons (Fsp3) is 0.333. The Kier molecular flexibility index (Phi) is 5.23. The highest BCUT2D eigenvalue weighted by Gasteiger charge is 2.15. The van der Waals surface area contributed by atoms with Crippen LogP contribution in [0, 0.1) is 13.8 Å². The minimum Gasteiger partial charge on any atom is -0.496 e. The summed E-state index contributed by atoms with van der Waals surface area (Å²) in [6.07, 6.45) is 0. The molecule has 1 N–H and O–H groups in total. The molecule has 0 radical (unpaired) electrons. The van der Waals surface area contributed by atoms with E-state index in [2.05, 4.69) is 37.4 Å². The summed E-state index contributed by atoms with van der Waals surface area (Å²) in [5.41, 5.74) is 3.52. The van der Waals surface area contributed by atoms with Crippen LogP contribution in [0.3, 0.4) is 0 Å². The first-order valence-electron chi connectivity index (χ1n) is 7.15. The molecule has 0 saturated heterocycles. The van der Waals surface area contributed by atoms with E-state index in [4.69, 9.17) is 9.47 Å². The average Bonchev–Trinajstić information content (AvgIpc) is 2.48. The van der Waals surface area contributed by atoms with E-state index in [0.29, 0.717) is 6.61 Å². The van der Waals surface area contributed by atoms with E-state index in [1.807, 2.05) is 31.3 Å². The molecule has 2 aromatic rings. The second kappa shape index (κ2) is 7.14. The maximum absolute atomic E-state index is 5.92. The Labute approximate surface area is 126 Å². The molecule has 2 aromatic carbocycles. The van der Waals surface area contributed by atoms with E-state index in [9.17, 15) is 0 Å². The van der Waals surface area contributed by atoms with Crippen molar-refractivity contribution in [2.24, 2.45) is 0 Å². The molecule has 0 heterocycles. The summed E-state index contributed by atoms with van der Waals surface area (Å²) < 4.78 is 11.4. The molecular formula is C18H23NO2. The number of aryl methyl sites for hydroxylation is 2. The van der Waals surface area contributed by atoms with E-state index in [1.165, 1.54) is 11.1 Å². The van der Waals surface area contributed by atoms with E-state index in [-0.39, 0.29) is 6.04 Å². The maximum atomic E-state index is 5.92. The first-order chi connectivity index (χ1) is 10.1. The highest BCUT2D eigenvalue weighted by molar-refractivity contribution is 5.39. The zero-order valence-electron chi connectivity index (χ0n) is 13.1. The van der Waals surface area contributed by atoms with Gasteiger partial charge in [0, 0.05) is 5.56 Å². The van der Waals surface area contributed by atoms with Crippen molar-refractivity contribution in [2.75, 3.05) is 20.8 Å². The number of rotatable bonds is 6. The second-order valence-corrected chi connectivity index (χ2v) is 5.21. The van der Waals surface area contributed by atoms with Gasteiger partial charge in [0.25, 0.3) is 0 Å². The van der Waals surface area contributed by atoms with Gasteiger partial charge in [-0.1, -0.05) is 29.8 Å². The third-order valence-corrected chi connectivity index (χ3v) is 3.52. The number of hydrogen-bond acceptors (Lipinski definition) is 3. The molecule has 0 spiro atoms. The van der Waals surface area contributed by atoms with Crippen LogP contribution in [0.15, 0.2) is 42.5 Å². The van der Waals surface area contributed by atoms with Crippen LogP contribution in [0.5, 0.6) is 11.5 Å². The third-order valence-electron chi connectivity index (χ3n) is 3.52. The fourth-order valence-corrected chi connectivity index (χ4v) is 2.34. The Morgan fingerprint density at radius 2 is 1.81 bits per heavy atom. The number of likely N-dealkylation sites (N-methyl/N-ethyl adjacent to an activating group) is 1. The number of methoxy groups -OCH3 is 1. The summed E-state index contributed by atoms with van der Waals surface area (Å²) in [6, 6.07) is 14.4. The van der Waals surface area contributed by atoms with Crippen molar-refractivity contribution in [3.05, 3.63) is 59.2 Å². The van der Waals surface area contributed by atoms with Gasteiger partial charge >= 0.3 is 0 Å². The van der Waals surface area contributed by atoms with Crippen molar-refractivity contribution in [1.29, 1.82) is 0 Å². The van der Waals surface area contributed by atoms with Gasteiger partial charge in [-0.25, -0.2) is 0 Å². The van der Waals surface area contributed by atoms with E-state index in [1.54, 1.807) is 7.11 Å². The molecule has 3 nitrogen and oxygen atoms in total. The molecule has 21 heavy (non-hydrogen) atoms. The van der Waals surface area contributed by atoms with Crippen LogP contribution in [0.25, 0.3) is 0 Å². The first-order valence-corrected chi connectivity index (χ1v) is 7.15. The Morgan fingerprint density at radius 3 is 2.48 bits per heavy atom. The van der Waals surface area contributed by atoms with Gasteiger partial charge in [-0.3, -0.25) is 0 Å². The molecular weight excluding hydrogens is 262 g/mol. The normalized spacial score (nSPS) is 12.0. The average molecular weight is 285 g/mol. The minimum atomic E-state index is 0.0837. The van der Waals surface area contributed by atoms with Gasteiger partial charge in [-0.2, -0.15) is 0 Å². The number of nitrogens with one attached hydrogen (secondary N) is 1. The lowest BCUT2D eigenvalue weighted by atomic mass is 10.0. The van der Waals surface area contributed by atoms with Crippen molar-refractivity contribution in [3.63, 3.8) is 0 Å². The van der Waals surface area contributed by atoms with E-state index in [0.717, 1.165) is 17.1 Å². The van der Waals surface area contributed by atoms with Crippen LogP contribution >= 0.6 is 0 Å². The molecule has 0 aliphatic rings. The summed E-state index contributed by atoms with van der Waals surface area (Å²) in [4.78, 5) is 0. The zero-order chi connectivity index (χ0) is 15.2. The van der Waals surface area contributed by atoms with Crippen molar-refractivity contribution >= 4 is 0 Å². The molecule has 112 valence electrons. The van der Waals surface area contributed by atoms with Crippen molar-refractivity contribution in [1.82, 2.24) is 5.32 Å². The van der Waals surface area contributed by atoms with Gasteiger partial charge in [-0.05, 0) is 44.7 Å². The van der Waals surface area contributed by atoms with Crippen LogP contribution in [0.1, 0.15) is 22.7 Å². The van der Waals surface area contributed by atoms with Gasteiger partial charge in [0.1, 0.15) is 18.1 Å². The molecule has 0 aliphatic carbocycles. The molecule has 3 heteroatoms. The lowest BCUT2D eigenvalue weighted by Gasteiger charge is -2.20. The van der Waals surface area contributed by atoms with Crippen LogP contribution in [0.2, 0.25) is 0 Å². The fourth-order valence-electron chi connectivity index (χ4n) is 2.34. The smallest absolute Gasteiger partial charge is 0.123 e. The van der Waals surface area contributed by atoms with Crippen LogP contribution < -0.4 is 14.8 Å². The molecule has 0 fully saturated rings. The quantitative estimate of drug-likeness (QED) is 0.878. The lowest BCUT2D eigenvalue weighted by Crippen LogP contribution is -2.24. The molecule has 0 amide bonds. The SMILES string of the molecule is CNC(COc1cccc(C)c1)c1cc(C)ccc1OC. The third kappa shape index (κ3) is 3.99. The molecule has 0 bridgehead atoms. The van der Waals surface area contributed by atoms with Gasteiger partial charge in [0.2, 0.25) is 0 Å². The lowest BCUT2D eigenvalue weighted by molar-refractivity contribution is 0.268. The first kappa shape index (κ1) is 15.4. The van der Waals surface area contributed by atoms with E-state index < -0.39 is 0 Å². The summed E-state index contributed by atoms with van der Waals surface area (Å²) in [6.45, 7) is 4.70. The monoisotopic (exact) mass is 285 g/mol. The van der Waals surface area contributed by atoms with Crippen molar-refractivity contribution < 1.29 is 9.47 Å². The minimum absolute atomic E-state index is 0.0837. The predicted octanol–water partition coefficient (Wildman–Crippen LogP) is 3.65. The van der Waals surface area contributed by atoms with Crippen molar-refractivity contribution in [2.45, 2.75) is 19.9 Å².